The molecule has 0 aliphatic carbocycles. The van der Waals surface area contributed by atoms with Crippen molar-refractivity contribution in [1.29, 1.82) is 0 Å². The van der Waals surface area contributed by atoms with Crippen LogP contribution in [-0.4, -0.2) is 215 Å². The number of rotatable bonds is 18. The van der Waals surface area contributed by atoms with Crippen LogP contribution < -0.4 is 59.3 Å². The molecule has 2 aliphatic heterocycles. The van der Waals surface area contributed by atoms with Crippen molar-refractivity contribution in [3.8, 4) is 0 Å². The molecule has 0 spiro atoms. The number of aliphatic imine (C=N–C) groups is 1. The molecule has 0 radical (unpaired) electrons. The summed E-state index contributed by atoms with van der Waals surface area (Å²) in [5.41, 5.74) is 11.6. The molecule has 412 valence electrons. The van der Waals surface area contributed by atoms with E-state index in [0.717, 1.165) is 46.2 Å². The van der Waals surface area contributed by atoms with E-state index < -0.39 is 135 Å². The smallest absolute Gasteiger partial charge is 0.243 e. The summed E-state index contributed by atoms with van der Waals surface area (Å²) in [6.45, 7) is 1.68. The first-order valence-electron chi connectivity index (χ1n) is 23.9. The fourth-order valence-electron chi connectivity index (χ4n) is 7.53. The van der Waals surface area contributed by atoms with Crippen molar-refractivity contribution in [2.75, 3.05) is 42.6 Å². The summed E-state index contributed by atoms with van der Waals surface area (Å²) in [5, 5.41) is 132. The Kier molecular flexibility index (Phi) is 30.2. The molecule has 1 aromatic carbocycles. The van der Waals surface area contributed by atoms with Crippen molar-refractivity contribution in [2.45, 2.75) is 157 Å². The predicted molar refractivity (Wildman–Crippen MR) is 273 cm³/mol. The predicted octanol–water partition coefficient (Wildman–Crippen LogP) is -6.65. The molecule has 0 saturated carbocycles. The molecule has 72 heavy (non-hydrogen) atoms. The number of carbonyl (C=O) groups is 4. The number of β-amino-alcohol motifs (C(OH)–C–C–N with tert-alkyl or cyclic N) is 1. The number of guanidine groups is 1. The number of thioether (sulfide) groups is 1. The average Bonchev–Trinajstić information content (AvgIpc) is 3.31. The number of unbranched alkanes of at least 4 members (excludes halogenated alkanes) is 2. The maximum Gasteiger partial charge on any atom is 0.243 e. The minimum atomic E-state index is -2.07. The first-order chi connectivity index (χ1) is 34.2. The second-order valence-electron chi connectivity index (χ2n) is 17.7. The molecule has 2 heterocycles. The van der Waals surface area contributed by atoms with Crippen LogP contribution in [0.5, 0.6) is 0 Å². The van der Waals surface area contributed by atoms with Gasteiger partial charge in [-0.15, -0.1) is 11.8 Å². The van der Waals surface area contributed by atoms with Gasteiger partial charge in [0.2, 0.25) is 23.6 Å². The standard InChI is InChI=1S/C43H78N12O14S3/c1-23(56)9-4-3-7-13-46-37(64)29-19-70-22-33(58)50-28(17-35(61)62)40(67)54-30-20-71-72-21-31(42(69)52-26(38(65)53-29)15-24-10-5-2-6-11-24)55-39(66)27(16-34(59)60)49-32(57)18-48-36(63)25(51-41(30)68)12-8-14-47-43(44)45/h2,5-6,10-11,23,25-32,34-37,41-42,46,48-49,51-52,56-57,59-64,68-69H,3-4,7-9,12-22H2,1H3,(H,50,58)(H,53,65)(H,54,67)(H,55,66)(H4,44,45,47)/t23-,25+,26+,27+,28+,29-,30-,31-,32-,36+,37-,41-,42-/m0/s1. The molecule has 13 atom stereocenters. The summed E-state index contributed by atoms with van der Waals surface area (Å²) in [6.07, 6.45) is -10.8. The van der Waals surface area contributed by atoms with Gasteiger partial charge in [0.25, 0.3) is 0 Å². The highest BCUT2D eigenvalue weighted by molar-refractivity contribution is 8.76. The van der Waals surface area contributed by atoms with E-state index in [2.05, 4.69) is 52.8 Å². The molecule has 2 fully saturated rings. The Bertz CT molecular complexity index is 1770. The monoisotopic (exact) mass is 1080 g/mol. The number of hydrogen-bond acceptors (Lipinski definition) is 23. The van der Waals surface area contributed by atoms with Gasteiger partial charge >= 0.3 is 0 Å². The van der Waals surface area contributed by atoms with E-state index in [9.17, 15) is 70.2 Å². The molecular formula is C43H78N12O14S3. The van der Waals surface area contributed by atoms with E-state index >= 15 is 0 Å². The maximum absolute atomic E-state index is 14.4. The average molecular weight is 1080 g/mol. The number of amides is 4. The summed E-state index contributed by atoms with van der Waals surface area (Å²) in [7, 11) is 2.10. The number of nitrogens with two attached hydrogens (primary N) is 2. The fourth-order valence-corrected chi connectivity index (χ4v) is 10.9. The number of nitrogens with one attached hydrogen (secondary N) is 9. The summed E-state index contributed by atoms with van der Waals surface area (Å²) >= 11 is 0.980. The van der Waals surface area contributed by atoms with Gasteiger partial charge in [-0.25, -0.2) is 0 Å². The van der Waals surface area contributed by atoms with Crippen LogP contribution in [0.1, 0.15) is 63.9 Å². The van der Waals surface area contributed by atoms with Crippen LogP contribution in [-0.2, 0) is 25.6 Å². The van der Waals surface area contributed by atoms with Crippen LogP contribution in [0.25, 0.3) is 0 Å². The van der Waals surface area contributed by atoms with E-state index in [4.69, 9.17) is 11.5 Å². The van der Waals surface area contributed by atoms with Crippen LogP contribution >= 0.6 is 33.3 Å². The van der Waals surface area contributed by atoms with Gasteiger partial charge in [-0.3, -0.25) is 50.8 Å². The number of carbonyl (C=O) groups excluding carboxylic acids is 4. The van der Waals surface area contributed by atoms with Gasteiger partial charge in [0.1, 0.15) is 37.2 Å². The summed E-state index contributed by atoms with van der Waals surface area (Å²) in [6, 6.07) is -0.135. The lowest BCUT2D eigenvalue weighted by molar-refractivity contribution is -0.132. The lowest BCUT2D eigenvalue weighted by Gasteiger charge is -2.33. The van der Waals surface area contributed by atoms with Crippen molar-refractivity contribution in [3.05, 3.63) is 35.9 Å². The number of aliphatic hydroxyl groups excluding tert-OH is 8. The lowest BCUT2D eigenvalue weighted by Crippen LogP contribution is -2.62. The van der Waals surface area contributed by atoms with Gasteiger partial charge in [-0.2, -0.15) is 0 Å². The first kappa shape index (κ1) is 63.1. The molecule has 2 saturated heterocycles. The normalized spacial score (nSPS) is 29.4. The first-order valence-corrected chi connectivity index (χ1v) is 27.5. The Balaban J connectivity index is 2.12. The molecule has 23 N–H and O–H groups in total. The zero-order chi connectivity index (χ0) is 53.2. The van der Waals surface area contributed by atoms with Gasteiger partial charge in [-0.05, 0) is 51.1 Å². The quantitative estimate of drug-likeness (QED) is 0.0214. The van der Waals surface area contributed by atoms with Crippen LogP contribution in [0.2, 0.25) is 0 Å². The Morgan fingerprint density at radius 2 is 1.33 bits per heavy atom. The number of benzene rings is 1. The van der Waals surface area contributed by atoms with Gasteiger partial charge < -0.3 is 83.8 Å². The van der Waals surface area contributed by atoms with Gasteiger partial charge in [0.15, 0.2) is 18.5 Å². The zero-order valence-electron chi connectivity index (χ0n) is 40.3. The fraction of sp³-hybridized carbons (Fsp3) is 0.744. The number of nitrogens with zero attached hydrogens (tertiary/aromatic N) is 1. The number of aliphatic hydroxyl groups is 10. The maximum atomic E-state index is 14.4. The molecular weight excluding hydrogens is 1000 g/mol. The molecule has 0 unspecified atom stereocenters. The SMILES string of the molecule is C[C@H](O)CCCCCN[C@@H](O)[C@@H]1CSCC(=O)N[C@H](CC(O)O)C(=O)N[C@H]2CSSC[C@H](NC(=O)[C@@H](CC(O)O)N[C@@H](O)CN[C@H](O)[C@@H](CCCN=C(N)N)N[C@H]2O)[C@H](O)N[C@H](Cc2ccccc2)C(=O)N1. The Labute approximate surface area is 431 Å². The minimum Gasteiger partial charge on any atom is -0.393 e. The summed E-state index contributed by atoms with van der Waals surface area (Å²) < 4.78 is 0. The highest BCUT2D eigenvalue weighted by Gasteiger charge is 2.35. The topological polar surface area (TPSA) is 443 Å². The highest BCUT2D eigenvalue weighted by atomic mass is 33.1. The summed E-state index contributed by atoms with van der Waals surface area (Å²) in [5.74, 6) is -4.11. The Morgan fingerprint density at radius 1 is 0.722 bits per heavy atom. The largest absolute Gasteiger partial charge is 0.393 e. The second kappa shape index (κ2) is 34.4. The molecule has 2 aliphatic rings. The van der Waals surface area contributed by atoms with Crippen LogP contribution in [0, 0.1) is 0 Å². The second-order valence-corrected chi connectivity index (χ2v) is 21.3. The van der Waals surface area contributed by atoms with Gasteiger partial charge in [0, 0.05) is 49.2 Å². The van der Waals surface area contributed by atoms with Gasteiger partial charge in [-0.1, -0.05) is 64.8 Å². The molecule has 0 aromatic heterocycles. The number of fused-ring (bicyclic) bond motifs is 5. The third kappa shape index (κ3) is 25.4. The lowest BCUT2D eigenvalue weighted by atomic mass is 10.0. The van der Waals surface area contributed by atoms with E-state index in [1.807, 2.05) is 0 Å². The molecule has 1 aromatic rings. The Morgan fingerprint density at radius 3 is 1.96 bits per heavy atom. The summed E-state index contributed by atoms with van der Waals surface area (Å²) in [4.78, 5) is 59.8. The van der Waals surface area contributed by atoms with E-state index in [1.54, 1.807) is 37.3 Å². The minimum absolute atomic E-state index is 0.00700. The Hall–Kier alpha value is -3.18. The van der Waals surface area contributed by atoms with E-state index in [-0.39, 0.29) is 54.8 Å². The van der Waals surface area contributed by atoms with Crippen molar-refractivity contribution in [3.63, 3.8) is 0 Å². The van der Waals surface area contributed by atoms with E-state index in [1.165, 1.54) is 0 Å². The molecule has 2 bridgehead atoms. The highest BCUT2D eigenvalue weighted by Crippen LogP contribution is 2.25. The molecule has 26 nitrogen and oxygen atoms in total. The zero-order valence-corrected chi connectivity index (χ0v) is 42.7. The van der Waals surface area contributed by atoms with Crippen LogP contribution in [0.15, 0.2) is 35.3 Å². The number of hydrogen-bond donors (Lipinski definition) is 21. The third-order valence-electron chi connectivity index (χ3n) is 11.4. The van der Waals surface area contributed by atoms with Crippen molar-refractivity contribution < 1.29 is 70.2 Å². The van der Waals surface area contributed by atoms with Crippen molar-refractivity contribution in [2.24, 2.45) is 16.5 Å². The third-order valence-corrected chi connectivity index (χ3v) is 14.9. The molecule has 3 rings (SSSR count). The van der Waals surface area contributed by atoms with Crippen LogP contribution in [0.4, 0.5) is 0 Å². The van der Waals surface area contributed by atoms with E-state index in [0.29, 0.717) is 24.9 Å². The van der Waals surface area contributed by atoms with Crippen LogP contribution in [0.3, 0.4) is 0 Å². The molecule has 4 amide bonds. The van der Waals surface area contributed by atoms with Gasteiger partial charge in [0.05, 0.1) is 42.1 Å². The van der Waals surface area contributed by atoms with Crippen molar-refractivity contribution in [1.82, 2.24) is 47.9 Å². The van der Waals surface area contributed by atoms with Crippen molar-refractivity contribution >= 4 is 62.9 Å². The molecule has 29 heteroatoms.